The summed E-state index contributed by atoms with van der Waals surface area (Å²) < 4.78 is 12.8. The number of aromatic nitrogens is 1. The van der Waals surface area contributed by atoms with Crippen molar-refractivity contribution in [2.75, 3.05) is 13.1 Å². The van der Waals surface area contributed by atoms with Crippen LogP contribution in [0.25, 0.3) is 0 Å². The van der Waals surface area contributed by atoms with Gasteiger partial charge >= 0.3 is 0 Å². The van der Waals surface area contributed by atoms with Crippen LogP contribution in [0.1, 0.15) is 50.9 Å². The molecule has 130 valence electrons. The summed E-state index contributed by atoms with van der Waals surface area (Å²) in [7, 11) is 0. The van der Waals surface area contributed by atoms with Crippen LogP contribution in [0.15, 0.2) is 36.4 Å². The Bertz CT molecular complexity index is 786. The topological polar surface area (TPSA) is 71.1 Å². The third kappa shape index (κ3) is 4.41. The van der Waals surface area contributed by atoms with E-state index in [1.165, 1.54) is 37.1 Å². The molecule has 0 aliphatic heterocycles. The number of pyridine rings is 1. The molecule has 6 heteroatoms. The van der Waals surface area contributed by atoms with Crippen molar-refractivity contribution < 1.29 is 14.0 Å². The summed E-state index contributed by atoms with van der Waals surface area (Å²) >= 11 is 0. The molecule has 1 fully saturated rings. The number of halogens is 1. The van der Waals surface area contributed by atoms with E-state index in [9.17, 15) is 14.0 Å². The van der Waals surface area contributed by atoms with Gasteiger partial charge in [0.15, 0.2) is 0 Å². The number of nitrogens with zero attached hydrogens (tertiary/aromatic N) is 1. The summed E-state index contributed by atoms with van der Waals surface area (Å²) in [6, 6.07) is 9.02. The fourth-order valence-corrected chi connectivity index (χ4v) is 2.58. The van der Waals surface area contributed by atoms with Gasteiger partial charge in [0.2, 0.25) is 0 Å². The molecule has 1 saturated carbocycles. The molecule has 0 radical (unpaired) electrons. The molecule has 1 heterocycles. The Hall–Kier alpha value is -2.76. The molecule has 1 aliphatic carbocycles. The summed E-state index contributed by atoms with van der Waals surface area (Å²) in [6.07, 6.45) is 2.34. The summed E-state index contributed by atoms with van der Waals surface area (Å²) in [5.74, 6) is -0.345. The van der Waals surface area contributed by atoms with Gasteiger partial charge in [0.1, 0.15) is 5.82 Å². The minimum atomic E-state index is -0.388. The zero-order valence-electron chi connectivity index (χ0n) is 14.0. The second-order valence-corrected chi connectivity index (χ2v) is 6.16. The molecule has 0 spiro atoms. The number of nitrogens with one attached hydrogen (secondary N) is 2. The Morgan fingerprint density at radius 3 is 2.28 bits per heavy atom. The molecule has 0 unspecified atom stereocenters. The molecule has 25 heavy (non-hydrogen) atoms. The average Bonchev–Trinajstić information content (AvgIpc) is 3.44. The van der Waals surface area contributed by atoms with Gasteiger partial charge in [0, 0.05) is 30.3 Å². The van der Waals surface area contributed by atoms with E-state index in [-0.39, 0.29) is 24.2 Å². The van der Waals surface area contributed by atoms with Crippen molar-refractivity contribution >= 4 is 11.8 Å². The van der Waals surface area contributed by atoms with Crippen molar-refractivity contribution in [1.82, 2.24) is 15.6 Å². The van der Waals surface area contributed by atoms with E-state index in [0.29, 0.717) is 23.6 Å². The molecule has 0 bridgehead atoms. The molecule has 1 aliphatic rings. The number of aryl methyl sites for hydroxylation is 1. The van der Waals surface area contributed by atoms with Crippen LogP contribution < -0.4 is 10.6 Å². The predicted octanol–water partition coefficient (Wildman–Crippen LogP) is 2.57. The van der Waals surface area contributed by atoms with Gasteiger partial charge in [0.05, 0.1) is 11.3 Å². The molecule has 1 aromatic heterocycles. The Balaban J connectivity index is 1.46. The largest absolute Gasteiger partial charge is 0.350 e. The van der Waals surface area contributed by atoms with Crippen LogP contribution in [0.3, 0.4) is 0 Å². The first-order valence-corrected chi connectivity index (χ1v) is 8.34. The summed E-state index contributed by atoms with van der Waals surface area (Å²) in [4.78, 5) is 28.6. The third-order valence-electron chi connectivity index (χ3n) is 4.15. The van der Waals surface area contributed by atoms with Gasteiger partial charge in [-0.3, -0.25) is 14.6 Å². The SMILES string of the molecule is Cc1nc(C2CC2)ccc1C(=O)NCCNC(=O)c1ccc(F)cc1. The van der Waals surface area contributed by atoms with Crippen LogP contribution in [0, 0.1) is 12.7 Å². The number of amides is 2. The minimum absolute atomic E-state index is 0.205. The van der Waals surface area contributed by atoms with Crippen molar-refractivity contribution in [2.45, 2.75) is 25.7 Å². The normalized spacial score (nSPS) is 13.4. The number of hydrogen-bond donors (Lipinski definition) is 2. The molecule has 3 rings (SSSR count). The maximum Gasteiger partial charge on any atom is 0.253 e. The highest BCUT2D eigenvalue weighted by Gasteiger charge is 2.25. The zero-order valence-corrected chi connectivity index (χ0v) is 14.0. The van der Waals surface area contributed by atoms with Crippen LogP contribution in [0.2, 0.25) is 0 Å². The van der Waals surface area contributed by atoms with Gasteiger partial charge < -0.3 is 10.6 Å². The molecule has 0 atom stereocenters. The van der Waals surface area contributed by atoms with Crippen molar-refractivity contribution in [1.29, 1.82) is 0 Å². The standard InChI is InChI=1S/C19H20FN3O2/c1-12-16(8-9-17(23-12)13-2-3-13)19(25)22-11-10-21-18(24)14-4-6-15(20)7-5-14/h4-9,13H,2-3,10-11H2,1H3,(H,21,24)(H,22,25). The first-order chi connectivity index (χ1) is 12.0. The van der Waals surface area contributed by atoms with Gasteiger partial charge in [-0.1, -0.05) is 0 Å². The van der Waals surface area contributed by atoms with E-state index in [2.05, 4.69) is 15.6 Å². The van der Waals surface area contributed by atoms with Crippen molar-refractivity contribution in [2.24, 2.45) is 0 Å². The second kappa shape index (κ2) is 7.42. The minimum Gasteiger partial charge on any atom is -0.350 e. The van der Waals surface area contributed by atoms with Gasteiger partial charge in [-0.15, -0.1) is 0 Å². The number of rotatable bonds is 6. The Morgan fingerprint density at radius 2 is 1.68 bits per heavy atom. The van der Waals surface area contributed by atoms with Crippen molar-refractivity contribution in [3.8, 4) is 0 Å². The number of carbonyl (C=O) groups excluding carboxylic acids is 2. The summed E-state index contributed by atoms with van der Waals surface area (Å²) in [5, 5.41) is 5.45. The fraction of sp³-hybridized carbons (Fsp3) is 0.316. The highest BCUT2D eigenvalue weighted by Crippen LogP contribution is 2.39. The number of benzene rings is 1. The maximum atomic E-state index is 12.8. The van der Waals surface area contributed by atoms with Crippen LogP contribution >= 0.6 is 0 Å². The van der Waals surface area contributed by atoms with Gasteiger partial charge in [-0.05, 0) is 56.2 Å². The highest BCUT2D eigenvalue weighted by molar-refractivity contribution is 5.95. The Morgan fingerprint density at radius 1 is 1.04 bits per heavy atom. The fourth-order valence-electron chi connectivity index (χ4n) is 2.58. The van der Waals surface area contributed by atoms with Crippen LogP contribution in [0.5, 0.6) is 0 Å². The highest BCUT2D eigenvalue weighted by atomic mass is 19.1. The van der Waals surface area contributed by atoms with E-state index in [1.54, 1.807) is 0 Å². The quantitative estimate of drug-likeness (QED) is 0.793. The van der Waals surface area contributed by atoms with Crippen LogP contribution in [-0.2, 0) is 0 Å². The summed E-state index contributed by atoms with van der Waals surface area (Å²) in [6.45, 7) is 2.42. The molecule has 2 N–H and O–H groups in total. The lowest BCUT2D eigenvalue weighted by molar-refractivity contribution is 0.0927. The molecule has 1 aromatic carbocycles. The molecular weight excluding hydrogens is 321 g/mol. The Kier molecular flexibility index (Phi) is 5.07. The zero-order chi connectivity index (χ0) is 17.8. The van der Waals surface area contributed by atoms with Gasteiger partial charge in [-0.25, -0.2) is 4.39 Å². The van der Waals surface area contributed by atoms with Gasteiger partial charge in [0.25, 0.3) is 11.8 Å². The van der Waals surface area contributed by atoms with E-state index >= 15 is 0 Å². The third-order valence-corrected chi connectivity index (χ3v) is 4.15. The van der Waals surface area contributed by atoms with Crippen molar-refractivity contribution in [3.05, 3.63) is 64.7 Å². The first-order valence-electron chi connectivity index (χ1n) is 8.34. The van der Waals surface area contributed by atoms with Crippen LogP contribution in [0.4, 0.5) is 4.39 Å². The lowest BCUT2D eigenvalue weighted by atomic mass is 10.1. The van der Waals surface area contributed by atoms with E-state index < -0.39 is 0 Å². The van der Waals surface area contributed by atoms with Crippen molar-refractivity contribution in [3.63, 3.8) is 0 Å². The molecule has 2 amide bonds. The maximum absolute atomic E-state index is 12.8. The average molecular weight is 341 g/mol. The van der Waals surface area contributed by atoms with Crippen LogP contribution in [-0.4, -0.2) is 29.9 Å². The number of carbonyl (C=O) groups is 2. The number of hydrogen-bond acceptors (Lipinski definition) is 3. The Labute approximate surface area is 145 Å². The lowest BCUT2D eigenvalue weighted by Gasteiger charge is -2.09. The smallest absolute Gasteiger partial charge is 0.253 e. The second-order valence-electron chi connectivity index (χ2n) is 6.16. The molecular formula is C19H20FN3O2. The van der Waals surface area contributed by atoms with E-state index in [4.69, 9.17) is 0 Å². The molecule has 5 nitrogen and oxygen atoms in total. The molecule has 2 aromatic rings. The summed E-state index contributed by atoms with van der Waals surface area (Å²) in [5.41, 5.74) is 2.70. The first kappa shape index (κ1) is 17.1. The van der Waals surface area contributed by atoms with E-state index in [1.807, 2.05) is 19.1 Å². The molecule has 0 saturated heterocycles. The van der Waals surface area contributed by atoms with Gasteiger partial charge in [-0.2, -0.15) is 0 Å². The monoisotopic (exact) mass is 341 g/mol. The lowest BCUT2D eigenvalue weighted by Crippen LogP contribution is -2.35. The van der Waals surface area contributed by atoms with E-state index in [0.717, 1.165) is 11.4 Å². The predicted molar refractivity (Wildman–Crippen MR) is 92.0 cm³/mol.